The first-order chi connectivity index (χ1) is 10.1. The Morgan fingerprint density at radius 2 is 2.05 bits per heavy atom. The van der Waals surface area contributed by atoms with Gasteiger partial charge in [0.05, 0.1) is 4.91 Å². The molecule has 0 bridgehead atoms. The van der Waals surface area contributed by atoms with Gasteiger partial charge < -0.3 is 16.8 Å². The molecule has 1 aromatic carbocycles. The van der Waals surface area contributed by atoms with Gasteiger partial charge in [0.1, 0.15) is 11.7 Å². The summed E-state index contributed by atoms with van der Waals surface area (Å²) in [5.74, 6) is 0.608. The fourth-order valence-corrected chi connectivity index (χ4v) is 2.73. The average Bonchev–Trinajstić information content (AvgIpc) is 2.45. The number of benzene rings is 1. The fourth-order valence-electron chi connectivity index (χ4n) is 1.90. The summed E-state index contributed by atoms with van der Waals surface area (Å²) in [6.07, 6.45) is 2.66. The van der Waals surface area contributed by atoms with E-state index in [1.54, 1.807) is 0 Å². The van der Waals surface area contributed by atoms with Gasteiger partial charge in [0.2, 0.25) is 0 Å². The minimum absolute atomic E-state index is 0.00287. The molecule has 1 aromatic rings. The van der Waals surface area contributed by atoms with Crippen LogP contribution in [0.4, 0.5) is 0 Å². The van der Waals surface area contributed by atoms with Gasteiger partial charge in [-0.15, -0.1) is 0 Å². The minimum atomic E-state index is -0.00287. The minimum Gasteiger partial charge on any atom is -0.383 e. The zero-order valence-electron chi connectivity index (χ0n) is 11.9. The SMILES string of the molecule is CC1=CC(CCN)=N/C(=C(/Sc2ccccc2)C(=N)N)N1. The van der Waals surface area contributed by atoms with Crippen molar-refractivity contribution in [2.45, 2.75) is 18.2 Å². The van der Waals surface area contributed by atoms with E-state index in [9.17, 15) is 0 Å². The molecule has 2 rings (SSSR count). The highest BCUT2D eigenvalue weighted by atomic mass is 32.2. The zero-order chi connectivity index (χ0) is 15.2. The van der Waals surface area contributed by atoms with Crippen molar-refractivity contribution in [3.05, 3.63) is 52.8 Å². The number of allylic oxidation sites excluding steroid dienone is 2. The van der Waals surface area contributed by atoms with E-state index in [0.717, 1.165) is 16.3 Å². The van der Waals surface area contributed by atoms with Gasteiger partial charge in [0, 0.05) is 22.7 Å². The van der Waals surface area contributed by atoms with Gasteiger partial charge in [-0.05, 0) is 31.7 Å². The maximum Gasteiger partial charge on any atom is 0.148 e. The Labute approximate surface area is 128 Å². The Morgan fingerprint density at radius 3 is 2.67 bits per heavy atom. The van der Waals surface area contributed by atoms with Crippen LogP contribution in [-0.4, -0.2) is 18.1 Å². The molecule has 5 nitrogen and oxygen atoms in total. The molecule has 0 aromatic heterocycles. The lowest BCUT2D eigenvalue weighted by Gasteiger charge is -2.18. The average molecular weight is 301 g/mol. The molecule has 0 fully saturated rings. The molecule has 0 spiro atoms. The van der Waals surface area contributed by atoms with Gasteiger partial charge in [0.15, 0.2) is 0 Å². The molecule has 0 unspecified atom stereocenters. The number of amidine groups is 1. The third kappa shape index (κ3) is 4.21. The molecule has 0 radical (unpaired) electrons. The number of rotatable bonds is 5. The van der Waals surface area contributed by atoms with Gasteiger partial charge in [-0.1, -0.05) is 30.0 Å². The number of nitrogens with zero attached hydrogens (tertiary/aromatic N) is 1. The highest BCUT2D eigenvalue weighted by Gasteiger charge is 2.15. The molecular formula is C15H19N5S. The highest BCUT2D eigenvalue weighted by molar-refractivity contribution is 8.04. The van der Waals surface area contributed by atoms with Crippen LogP contribution in [0, 0.1) is 5.41 Å². The lowest BCUT2D eigenvalue weighted by molar-refractivity contribution is 0.916. The lowest BCUT2D eigenvalue weighted by atomic mass is 10.2. The summed E-state index contributed by atoms with van der Waals surface area (Å²) in [5, 5.41) is 11.0. The van der Waals surface area contributed by atoms with Crippen molar-refractivity contribution in [3.63, 3.8) is 0 Å². The smallest absolute Gasteiger partial charge is 0.148 e. The Morgan fingerprint density at radius 1 is 1.33 bits per heavy atom. The van der Waals surface area contributed by atoms with Crippen molar-refractivity contribution in [2.24, 2.45) is 16.5 Å². The third-order valence-corrected chi connectivity index (χ3v) is 3.90. The maximum absolute atomic E-state index is 7.82. The molecule has 0 atom stereocenters. The molecule has 110 valence electrons. The monoisotopic (exact) mass is 301 g/mol. The molecule has 1 aliphatic heterocycles. The topological polar surface area (TPSA) is 100 Å². The summed E-state index contributed by atoms with van der Waals surface area (Å²) in [6, 6.07) is 9.81. The van der Waals surface area contributed by atoms with Crippen molar-refractivity contribution < 1.29 is 0 Å². The highest BCUT2D eigenvalue weighted by Crippen LogP contribution is 2.29. The van der Waals surface area contributed by atoms with Crippen LogP contribution in [0.15, 0.2) is 62.7 Å². The van der Waals surface area contributed by atoms with Crippen LogP contribution in [0.1, 0.15) is 13.3 Å². The van der Waals surface area contributed by atoms with Crippen LogP contribution in [0.25, 0.3) is 0 Å². The summed E-state index contributed by atoms with van der Waals surface area (Å²) in [5.41, 5.74) is 13.2. The number of nitrogens with two attached hydrogens (primary N) is 2. The molecular weight excluding hydrogens is 282 g/mol. The molecule has 1 heterocycles. The maximum atomic E-state index is 7.82. The normalized spacial score (nSPS) is 16.7. The third-order valence-electron chi connectivity index (χ3n) is 2.78. The summed E-state index contributed by atoms with van der Waals surface area (Å²) >= 11 is 1.43. The van der Waals surface area contributed by atoms with Crippen LogP contribution in [-0.2, 0) is 0 Å². The van der Waals surface area contributed by atoms with Gasteiger partial charge in [-0.3, -0.25) is 5.41 Å². The molecule has 6 N–H and O–H groups in total. The van der Waals surface area contributed by atoms with Crippen LogP contribution in [0.2, 0.25) is 0 Å². The Bertz CT molecular complexity index is 616. The second-order valence-electron chi connectivity index (χ2n) is 4.60. The van der Waals surface area contributed by atoms with Gasteiger partial charge in [-0.25, -0.2) is 4.99 Å². The van der Waals surface area contributed by atoms with Crippen molar-refractivity contribution in [1.29, 1.82) is 5.41 Å². The van der Waals surface area contributed by atoms with E-state index in [2.05, 4.69) is 10.3 Å². The van der Waals surface area contributed by atoms with Crippen LogP contribution in [0.5, 0.6) is 0 Å². The molecule has 1 aliphatic rings. The van der Waals surface area contributed by atoms with Crippen molar-refractivity contribution in [2.75, 3.05) is 6.54 Å². The molecule has 0 aliphatic carbocycles. The second kappa shape index (κ2) is 7.10. The van der Waals surface area contributed by atoms with Crippen LogP contribution in [0.3, 0.4) is 0 Å². The first kappa shape index (κ1) is 15.3. The largest absolute Gasteiger partial charge is 0.383 e. The van der Waals surface area contributed by atoms with E-state index in [1.165, 1.54) is 11.8 Å². The molecule has 0 saturated carbocycles. The van der Waals surface area contributed by atoms with Gasteiger partial charge >= 0.3 is 0 Å². The number of aliphatic imine (C=N–C) groups is 1. The van der Waals surface area contributed by atoms with Crippen molar-refractivity contribution in [1.82, 2.24) is 5.32 Å². The lowest BCUT2D eigenvalue weighted by Crippen LogP contribution is -2.23. The van der Waals surface area contributed by atoms with Crippen LogP contribution >= 0.6 is 11.8 Å². The summed E-state index contributed by atoms with van der Waals surface area (Å²) in [6.45, 7) is 2.49. The van der Waals surface area contributed by atoms with Crippen LogP contribution < -0.4 is 16.8 Å². The van der Waals surface area contributed by atoms with Crippen molar-refractivity contribution in [3.8, 4) is 0 Å². The number of nitrogens with one attached hydrogen (secondary N) is 2. The Balaban J connectivity index is 2.36. The van der Waals surface area contributed by atoms with E-state index in [-0.39, 0.29) is 5.84 Å². The first-order valence-electron chi connectivity index (χ1n) is 6.64. The van der Waals surface area contributed by atoms with E-state index >= 15 is 0 Å². The molecule has 0 amide bonds. The Kier molecular flexibility index (Phi) is 5.19. The number of hydrogen-bond donors (Lipinski definition) is 4. The first-order valence-corrected chi connectivity index (χ1v) is 7.46. The van der Waals surface area contributed by atoms with E-state index < -0.39 is 0 Å². The standard InChI is InChI=1S/C15H19N5S/c1-10-9-11(7-8-16)20-15(19-10)13(14(17)18)21-12-5-3-2-4-6-12/h2-6,9,19H,7-8,16H2,1H3,(H3,17,18)/b15-13+. The quantitative estimate of drug-likeness (QED) is 0.380. The van der Waals surface area contributed by atoms with E-state index in [1.807, 2.05) is 43.3 Å². The second-order valence-corrected chi connectivity index (χ2v) is 5.68. The van der Waals surface area contributed by atoms with Crippen molar-refractivity contribution >= 4 is 23.3 Å². The summed E-state index contributed by atoms with van der Waals surface area (Å²) in [4.78, 5) is 6.15. The summed E-state index contributed by atoms with van der Waals surface area (Å²) in [7, 11) is 0. The number of hydrogen-bond acceptors (Lipinski definition) is 5. The zero-order valence-corrected chi connectivity index (χ0v) is 12.7. The molecule has 6 heteroatoms. The van der Waals surface area contributed by atoms with Gasteiger partial charge in [-0.2, -0.15) is 0 Å². The van der Waals surface area contributed by atoms with E-state index in [4.69, 9.17) is 16.9 Å². The number of thioether (sulfide) groups is 1. The van der Waals surface area contributed by atoms with Gasteiger partial charge in [0.25, 0.3) is 0 Å². The summed E-state index contributed by atoms with van der Waals surface area (Å²) < 4.78 is 0. The predicted octanol–water partition coefficient (Wildman–Crippen LogP) is 2.18. The fraction of sp³-hybridized carbons (Fsp3) is 0.200. The van der Waals surface area contributed by atoms with E-state index in [0.29, 0.717) is 23.7 Å². The molecule has 0 saturated heterocycles. The predicted molar refractivity (Wildman–Crippen MR) is 89.2 cm³/mol. The molecule has 21 heavy (non-hydrogen) atoms. The Hall–Kier alpha value is -2.05.